The highest BCUT2D eigenvalue weighted by Crippen LogP contribution is 2.48. The van der Waals surface area contributed by atoms with E-state index in [1.54, 1.807) is 12.1 Å². The van der Waals surface area contributed by atoms with Crippen LogP contribution >= 0.6 is 0 Å². The van der Waals surface area contributed by atoms with Crippen molar-refractivity contribution in [2.45, 2.75) is 18.8 Å². The van der Waals surface area contributed by atoms with Crippen molar-refractivity contribution in [3.8, 4) is 0 Å². The molecule has 0 radical (unpaired) electrons. The van der Waals surface area contributed by atoms with Crippen LogP contribution in [0.1, 0.15) is 24.3 Å². The van der Waals surface area contributed by atoms with Gasteiger partial charge in [0.1, 0.15) is 5.82 Å². The van der Waals surface area contributed by atoms with Crippen molar-refractivity contribution in [1.82, 2.24) is 10.2 Å². The lowest BCUT2D eigenvalue weighted by Crippen LogP contribution is -2.31. The summed E-state index contributed by atoms with van der Waals surface area (Å²) in [5.41, 5.74) is 1.09. The summed E-state index contributed by atoms with van der Waals surface area (Å²) in [4.78, 5) is 14.4. The van der Waals surface area contributed by atoms with Crippen LogP contribution in [0.5, 0.6) is 0 Å². The number of carbonyl (C=O) groups is 1. The smallest absolute Gasteiger partial charge is 0.226 e. The SMILES string of the molecule is CNC[C@@H]1CCN(C(=O)[C@H]2C[C@@H]2c2ccc(F)cc2)C1. The molecule has 1 amide bonds. The van der Waals surface area contributed by atoms with Gasteiger partial charge in [0.15, 0.2) is 0 Å². The number of nitrogens with zero attached hydrogens (tertiary/aromatic N) is 1. The van der Waals surface area contributed by atoms with Gasteiger partial charge in [0.25, 0.3) is 0 Å². The Morgan fingerprint density at radius 2 is 2.15 bits per heavy atom. The van der Waals surface area contributed by atoms with Gasteiger partial charge in [0.2, 0.25) is 5.91 Å². The molecular weight excluding hydrogens is 255 g/mol. The van der Waals surface area contributed by atoms with E-state index < -0.39 is 0 Å². The van der Waals surface area contributed by atoms with Gasteiger partial charge in [-0.3, -0.25) is 4.79 Å². The maximum Gasteiger partial charge on any atom is 0.226 e. The molecule has 3 nitrogen and oxygen atoms in total. The van der Waals surface area contributed by atoms with Gasteiger partial charge < -0.3 is 10.2 Å². The quantitative estimate of drug-likeness (QED) is 0.912. The second-order valence-corrected chi connectivity index (χ2v) is 6.00. The lowest BCUT2D eigenvalue weighted by atomic mass is 10.1. The molecule has 1 N–H and O–H groups in total. The standard InChI is InChI=1S/C16H21FN2O/c1-18-9-11-6-7-19(10-11)16(20)15-8-14(15)12-2-4-13(17)5-3-12/h2-5,11,14-15,18H,6-10H2,1H3/t11-,14+,15-/m0/s1. The minimum absolute atomic E-state index is 0.119. The second-order valence-electron chi connectivity index (χ2n) is 6.00. The van der Waals surface area contributed by atoms with Crippen LogP contribution in [0.2, 0.25) is 0 Å². The number of nitrogens with one attached hydrogen (secondary N) is 1. The Kier molecular flexibility index (Phi) is 3.74. The van der Waals surface area contributed by atoms with Gasteiger partial charge in [0.05, 0.1) is 0 Å². The minimum atomic E-state index is -0.216. The number of hydrogen-bond donors (Lipinski definition) is 1. The number of benzene rings is 1. The number of halogens is 1. The molecule has 1 heterocycles. The largest absolute Gasteiger partial charge is 0.342 e. The van der Waals surface area contributed by atoms with E-state index in [4.69, 9.17) is 0 Å². The molecule has 0 unspecified atom stereocenters. The topological polar surface area (TPSA) is 32.3 Å². The van der Waals surface area contributed by atoms with Gasteiger partial charge in [-0.25, -0.2) is 4.39 Å². The minimum Gasteiger partial charge on any atom is -0.342 e. The van der Waals surface area contributed by atoms with E-state index >= 15 is 0 Å². The molecule has 1 aliphatic heterocycles. The Balaban J connectivity index is 1.56. The number of carbonyl (C=O) groups excluding carboxylic acids is 1. The van der Waals surface area contributed by atoms with E-state index in [-0.39, 0.29) is 17.6 Å². The Morgan fingerprint density at radius 3 is 2.85 bits per heavy atom. The van der Waals surface area contributed by atoms with E-state index in [2.05, 4.69) is 5.32 Å². The van der Waals surface area contributed by atoms with Crippen molar-refractivity contribution in [2.24, 2.45) is 11.8 Å². The van der Waals surface area contributed by atoms with E-state index in [0.717, 1.165) is 38.0 Å². The van der Waals surface area contributed by atoms with Crippen molar-refractivity contribution in [3.05, 3.63) is 35.6 Å². The maximum atomic E-state index is 12.9. The Bertz CT molecular complexity index is 488. The maximum absolute atomic E-state index is 12.9. The van der Waals surface area contributed by atoms with Gasteiger partial charge in [-0.15, -0.1) is 0 Å². The zero-order valence-corrected chi connectivity index (χ0v) is 11.8. The van der Waals surface area contributed by atoms with Crippen molar-refractivity contribution >= 4 is 5.91 Å². The van der Waals surface area contributed by atoms with Crippen LogP contribution in [0.4, 0.5) is 4.39 Å². The third-order valence-corrected chi connectivity index (χ3v) is 4.50. The van der Waals surface area contributed by atoms with Gasteiger partial charge in [-0.1, -0.05) is 12.1 Å². The van der Waals surface area contributed by atoms with Crippen molar-refractivity contribution in [1.29, 1.82) is 0 Å². The molecule has 0 spiro atoms. The molecule has 1 saturated carbocycles. The predicted molar refractivity (Wildman–Crippen MR) is 75.9 cm³/mol. The van der Waals surface area contributed by atoms with Crippen LogP contribution in [0.15, 0.2) is 24.3 Å². The molecule has 1 saturated heterocycles. The van der Waals surface area contributed by atoms with Gasteiger partial charge >= 0.3 is 0 Å². The fraction of sp³-hybridized carbons (Fsp3) is 0.562. The third kappa shape index (κ3) is 2.70. The predicted octanol–water partition coefficient (Wildman–Crippen LogP) is 2.00. The van der Waals surface area contributed by atoms with Crippen LogP contribution in [0.25, 0.3) is 0 Å². The van der Waals surface area contributed by atoms with Crippen molar-refractivity contribution in [2.75, 3.05) is 26.7 Å². The molecule has 4 heteroatoms. The summed E-state index contributed by atoms with van der Waals surface area (Å²) in [6.45, 7) is 2.75. The molecular formula is C16H21FN2O. The van der Waals surface area contributed by atoms with E-state index in [1.165, 1.54) is 12.1 Å². The molecule has 2 fully saturated rings. The molecule has 20 heavy (non-hydrogen) atoms. The average Bonchev–Trinajstić information content (AvgIpc) is 3.11. The first-order valence-electron chi connectivity index (χ1n) is 7.38. The Hall–Kier alpha value is -1.42. The highest BCUT2D eigenvalue weighted by molar-refractivity contribution is 5.83. The average molecular weight is 276 g/mol. The van der Waals surface area contributed by atoms with Crippen LogP contribution in [-0.4, -0.2) is 37.5 Å². The number of hydrogen-bond acceptors (Lipinski definition) is 2. The first-order valence-corrected chi connectivity index (χ1v) is 7.38. The molecule has 2 aliphatic rings. The summed E-state index contributed by atoms with van der Waals surface area (Å²) in [6, 6.07) is 6.57. The van der Waals surface area contributed by atoms with Gasteiger partial charge in [-0.05, 0) is 56.0 Å². The summed E-state index contributed by atoms with van der Waals surface area (Å²) in [6.07, 6.45) is 2.01. The van der Waals surface area contributed by atoms with Crippen molar-refractivity contribution < 1.29 is 9.18 Å². The van der Waals surface area contributed by atoms with Crippen LogP contribution < -0.4 is 5.32 Å². The molecule has 1 aliphatic carbocycles. The van der Waals surface area contributed by atoms with Gasteiger partial charge in [0, 0.05) is 19.0 Å². The highest BCUT2D eigenvalue weighted by Gasteiger charge is 2.46. The van der Waals surface area contributed by atoms with Crippen LogP contribution in [-0.2, 0) is 4.79 Å². The number of rotatable bonds is 4. The van der Waals surface area contributed by atoms with Crippen molar-refractivity contribution in [3.63, 3.8) is 0 Å². The fourth-order valence-corrected chi connectivity index (χ4v) is 3.27. The summed E-state index contributed by atoms with van der Waals surface area (Å²) in [7, 11) is 1.95. The summed E-state index contributed by atoms with van der Waals surface area (Å²) < 4.78 is 12.9. The molecule has 1 aromatic rings. The monoisotopic (exact) mass is 276 g/mol. The van der Waals surface area contributed by atoms with Crippen LogP contribution in [0.3, 0.4) is 0 Å². The summed E-state index contributed by atoms with van der Waals surface area (Å²) in [5, 5.41) is 3.18. The molecule has 108 valence electrons. The molecule has 3 rings (SSSR count). The first-order chi connectivity index (χ1) is 9.69. The van der Waals surface area contributed by atoms with E-state index in [0.29, 0.717) is 11.8 Å². The molecule has 0 bridgehead atoms. The normalized spacial score (nSPS) is 28.7. The molecule has 0 aromatic heterocycles. The molecule has 3 atom stereocenters. The van der Waals surface area contributed by atoms with Crippen LogP contribution in [0, 0.1) is 17.7 Å². The highest BCUT2D eigenvalue weighted by atomic mass is 19.1. The Labute approximate surface area is 119 Å². The summed E-state index contributed by atoms with van der Waals surface area (Å²) >= 11 is 0. The third-order valence-electron chi connectivity index (χ3n) is 4.50. The lowest BCUT2D eigenvalue weighted by molar-refractivity contribution is -0.131. The zero-order valence-electron chi connectivity index (χ0n) is 11.8. The first kappa shape index (κ1) is 13.6. The van der Waals surface area contributed by atoms with Gasteiger partial charge in [-0.2, -0.15) is 0 Å². The molecule has 1 aromatic carbocycles. The summed E-state index contributed by atoms with van der Waals surface area (Å²) in [5.74, 6) is 1.08. The Morgan fingerprint density at radius 1 is 1.40 bits per heavy atom. The van der Waals surface area contributed by atoms with E-state index in [1.807, 2.05) is 11.9 Å². The zero-order chi connectivity index (χ0) is 14.1. The second kappa shape index (κ2) is 5.52. The number of amides is 1. The fourth-order valence-electron chi connectivity index (χ4n) is 3.27. The van der Waals surface area contributed by atoms with E-state index in [9.17, 15) is 9.18 Å². The lowest BCUT2D eigenvalue weighted by Gasteiger charge is -2.16. The number of likely N-dealkylation sites (tertiary alicyclic amines) is 1.